The maximum absolute atomic E-state index is 13.5. The minimum Gasteiger partial charge on any atom is -0.459 e. The van der Waals surface area contributed by atoms with E-state index in [0.717, 1.165) is 0 Å². The Hall–Kier alpha value is -0.710. The molecule has 102 valence electrons. The number of alkyl halides is 2. The lowest BCUT2D eigenvalue weighted by Crippen LogP contribution is -2.38. The Bertz CT molecular complexity index is 371. The van der Waals surface area contributed by atoms with Gasteiger partial charge in [-0.15, -0.1) is 0 Å². The molecular formula is C13H18F2O3. The summed E-state index contributed by atoms with van der Waals surface area (Å²) >= 11 is 0. The molecule has 0 aromatic heterocycles. The van der Waals surface area contributed by atoms with Crippen molar-refractivity contribution in [2.75, 3.05) is 6.61 Å². The van der Waals surface area contributed by atoms with Gasteiger partial charge in [-0.3, -0.25) is 4.79 Å². The van der Waals surface area contributed by atoms with Gasteiger partial charge in [0.15, 0.2) is 0 Å². The smallest absolute Gasteiger partial charge is 0.306 e. The third-order valence-electron chi connectivity index (χ3n) is 5.08. The molecule has 4 unspecified atom stereocenters. The first-order valence-electron chi connectivity index (χ1n) is 6.66. The van der Waals surface area contributed by atoms with Gasteiger partial charge >= 0.3 is 5.97 Å². The fourth-order valence-corrected chi connectivity index (χ4v) is 4.34. The van der Waals surface area contributed by atoms with Crippen molar-refractivity contribution in [3.05, 3.63) is 0 Å². The van der Waals surface area contributed by atoms with Crippen LogP contribution in [0.1, 0.15) is 38.5 Å². The summed E-state index contributed by atoms with van der Waals surface area (Å²) in [6.45, 7) is -0.0694. The second-order valence-electron chi connectivity index (χ2n) is 6.05. The normalized spacial score (nSPS) is 46.2. The molecule has 1 heterocycles. The van der Waals surface area contributed by atoms with E-state index < -0.39 is 11.5 Å². The summed E-state index contributed by atoms with van der Waals surface area (Å²) in [6, 6.07) is 0. The number of hydrogen-bond acceptors (Lipinski definition) is 3. The molecule has 3 aliphatic rings. The zero-order chi connectivity index (χ0) is 13.0. The van der Waals surface area contributed by atoms with E-state index in [1.54, 1.807) is 0 Å². The zero-order valence-corrected chi connectivity index (χ0v) is 10.2. The third-order valence-corrected chi connectivity index (χ3v) is 5.08. The van der Waals surface area contributed by atoms with E-state index in [1.165, 1.54) is 0 Å². The molecule has 2 aliphatic carbocycles. The first-order valence-corrected chi connectivity index (χ1v) is 6.66. The Morgan fingerprint density at radius 1 is 1.33 bits per heavy atom. The molecular weight excluding hydrogens is 242 g/mol. The Balaban J connectivity index is 1.85. The number of esters is 1. The summed E-state index contributed by atoms with van der Waals surface area (Å²) in [5.74, 6) is -3.02. The van der Waals surface area contributed by atoms with Crippen LogP contribution in [0.3, 0.4) is 0 Å². The average molecular weight is 260 g/mol. The lowest BCUT2D eigenvalue weighted by Gasteiger charge is -2.34. The molecule has 3 rings (SSSR count). The van der Waals surface area contributed by atoms with Gasteiger partial charge in [-0.2, -0.15) is 0 Å². The quantitative estimate of drug-likeness (QED) is 0.735. The van der Waals surface area contributed by atoms with Crippen LogP contribution in [0, 0.1) is 17.8 Å². The Morgan fingerprint density at radius 3 is 2.72 bits per heavy atom. The van der Waals surface area contributed by atoms with E-state index in [4.69, 9.17) is 4.74 Å². The van der Waals surface area contributed by atoms with Crippen molar-refractivity contribution in [2.45, 2.75) is 50.0 Å². The number of carbonyl (C=O) groups is 1. The van der Waals surface area contributed by atoms with E-state index in [0.29, 0.717) is 25.7 Å². The summed E-state index contributed by atoms with van der Waals surface area (Å²) in [6.07, 6.45) is 1.65. The van der Waals surface area contributed by atoms with E-state index in [-0.39, 0.29) is 43.2 Å². The molecule has 0 bridgehead atoms. The molecule has 3 nitrogen and oxygen atoms in total. The Labute approximate surface area is 105 Å². The highest BCUT2D eigenvalue weighted by atomic mass is 19.3. The van der Waals surface area contributed by atoms with Crippen molar-refractivity contribution in [3.63, 3.8) is 0 Å². The molecule has 1 aliphatic heterocycles. The fourth-order valence-electron chi connectivity index (χ4n) is 4.34. The molecule has 1 spiro atoms. The SMILES string of the molecule is O=C1CCC2(CC3CC(F)(F)CCC3C2CO)O1. The summed E-state index contributed by atoms with van der Waals surface area (Å²) in [4.78, 5) is 11.3. The Kier molecular flexibility index (Phi) is 2.66. The van der Waals surface area contributed by atoms with Crippen molar-refractivity contribution in [2.24, 2.45) is 17.8 Å². The van der Waals surface area contributed by atoms with Gasteiger partial charge in [0.2, 0.25) is 5.92 Å². The van der Waals surface area contributed by atoms with Crippen molar-refractivity contribution >= 4 is 5.97 Å². The van der Waals surface area contributed by atoms with E-state index in [1.807, 2.05) is 0 Å². The number of aliphatic hydroxyl groups is 1. The molecule has 3 fully saturated rings. The minimum absolute atomic E-state index is 0.0694. The van der Waals surface area contributed by atoms with Crippen LogP contribution in [0.5, 0.6) is 0 Å². The first kappa shape index (κ1) is 12.3. The third kappa shape index (κ3) is 1.75. The van der Waals surface area contributed by atoms with Gasteiger partial charge in [0.1, 0.15) is 5.60 Å². The van der Waals surface area contributed by atoms with Gasteiger partial charge < -0.3 is 9.84 Å². The first-order chi connectivity index (χ1) is 8.46. The number of halogens is 2. The molecule has 1 saturated heterocycles. The summed E-state index contributed by atoms with van der Waals surface area (Å²) in [7, 11) is 0. The topological polar surface area (TPSA) is 46.5 Å². The number of rotatable bonds is 1. The van der Waals surface area contributed by atoms with Crippen LogP contribution < -0.4 is 0 Å². The van der Waals surface area contributed by atoms with Gasteiger partial charge in [0, 0.05) is 31.8 Å². The molecule has 4 atom stereocenters. The highest BCUT2D eigenvalue weighted by molar-refractivity contribution is 5.72. The largest absolute Gasteiger partial charge is 0.459 e. The summed E-state index contributed by atoms with van der Waals surface area (Å²) in [5.41, 5.74) is -0.651. The molecule has 18 heavy (non-hydrogen) atoms. The molecule has 1 N–H and O–H groups in total. The molecule has 0 radical (unpaired) electrons. The Morgan fingerprint density at radius 2 is 2.11 bits per heavy atom. The van der Waals surface area contributed by atoms with Gasteiger partial charge in [-0.05, 0) is 31.1 Å². The molecule has 2 saturated carbocycles. The highest BCUT2D eigenvalue weighted by Crippen LogP contribution is 2.58. The summed E-state index contributed by atoms with van der Waals surface area (Å²) in [5, 5.41) is 9.57. The van der Waals surface area contributed by atoms with Crippen LogP contribution in [-0.4, -0.2) is 29.2 Å². The monoisotopic (exact) mass is 260 g/mol. The molecule has 5 heteroatoms. The van der Waals surface area contributed by atoms with Gasteiger partial charge in [-0.1, -0.05) is 0 Å². The van der Waals surface area contributed by atoms with Crippen molar-refractivity contribution in [3.8, 4) is 0 Å². The van der Waals surface area contributed by atoms with E-state index in [2.05, 4.69) is 0 Å². The number of ether oxygens (including phenoxy) is 1. The lowest BCUT2D eigenvalue weighted by atomic mass is 9.75. The number of aliphatic hydroxyl groups excluding tert-OH is 1. The predicted octanol–water partition coefficient (Wildman–Crippen LogP) is 2.13. The lowest BCUT2D eigenvalue weighted by molar-refractivity contribution is -0.153. The second-order valence-corrected chi connectivity index (χ2v) is 6.05. The molecule has 0 aromatic carbocycles. The molecule has 0 aromatic rings. The number of carbonyl (C=O) groups excluding carboxylic acids is 1. The van der Waals surface area contributed by atoms with Crippen LogP contribution in [0.15, 0.2) is 0 Å². The van der Waals surface area contributed by atoms with Gasteiger partial charge in [0.05, 0.1) is 0 Å². The number of hydrogen-bond donors (Lipinski definition) is 1. The van der Waals surface area contributed by atoms with Gasteiger partial charge in [-0.25, -0.2) is 8.78 Å². The van der Waals surface area contributed by atoms with Crippen LogP contribution in [0.25, 0.3) is 0 Å². The van der Waals surface area contributed by atoms with Crippen LogP contribution >= 0.6 is 0 Å². The van der Waals surface area contributed by atoms with E-state index >= 15 is 0 Å². The number of fused-ring (bicyclic) bond motifs is 1. The maximum Gasteiger partial charge on any atom is 0.306 e. The fraction of sp³-hybridized carbons (Fsp3) is 0.923. The second kappa shape index (κ2) is 3.89. The van der Waals surface area contributed by atoms with Crippen molar-refractivity contribution in [1.82, 2.24) is 0 Å². The summed E-state index contributed by atoms with van der Waals surface area (Å²) < 4.78 is 32.3. The minimum atomic E-state index is -2.59. The predicted molar refractivity (Wildman–Crippen MR) is 59.0 cm³/mol. The average Bonchev–Trinajstić information content (AvgIpc) is 2.77. The standard InChI is InChI=1S/C13H18F2O3/c14-13(15)4-1-9-8(6-13)5-12(10(9)7-16)3-2-11(17)18-12/h8-10,16H,1-7H2. The van der Waals surface area contributed by atoms with E-state index in [9.17, 15) is 18.7 Å². The van der Waals surface area contributed by atoms with Gasteiger partial charge in [0.25, 0.3) is 0 Å². The van der Waals surface area contributed by atoms with Crippen LogP contribution in [0.2, 0.25) is 0 Å². The maximum atomic E-state index is 13.5. The van der Waals surface area contributed by atoms with Crippen LogP contribution in [-0.2, 0) is 9.53 Å². The van der Waals surface area contributed by atoms with Crippen molar-refractivity contribution in [1.29, 1.82) is 0 Å². The van der Waals surface area contributed by atoms with Crippen molar-refractivity contribution < 1.29 is 23.4 Å². The zero-order valence-electron chi connectivity index (χ0n) is 10.2. The van der Waals surface area contributed by atoms with Crippen LogP contribution in [0.4, 0.5) is 8.78 Å². The highest BCUT2D eigenvalue weighted by Gasteiger charge is 2.60. The molecule has 0 amide bonds.